The highest BCUT2D eigenvalue weighted by Crippen LogP contribution is 2.40. The smallest absolute Gasteiger partial charge is 0.422 e. The van der Waals surface area contributed by atoms with Crippen molar-refractivity contribution in [2.45, 2.75) is 22.7 Å². The zero-order chi connectivity index (χ0) is 23.1. The Balaban J connectivity index is 2.99. The Morgan fingerprint density at radius 2 is 1.17 bits per heavy atom. The molecule has 0 amide bonds. The minimum Gasteiger partial charge on any atom is -0.422 e. The average Bonchev–Trinajstić information content (AvgIpc) is 2.50. The Hall–Kier alpha value is -0.830. The summed E-state index contributed by atoms with van der Waals surface area (Å²) in [5.41, 5.74) is -6.38. The SMILES string of the molecule is O=S(=O)([N-]S(=O)(=O)C(F)(F)S(=O)(=O)N1CCN(CCC(F)(F)F)CC1)C(F)(F)F. The first kappa shape index (κ1) is 26.2. The van der Waals surface area contributed by atoms with Crippen LogP contribution in [0.3, 0.4) is 0 Å². The molecule has 1 aliphatic rings. The molecule has 20 heteroatoms. The number of halogens is 8. The molecule has 1 rings (SSSR count). The molecule has 0 radical (unpaired) electrons. The van der Waals surface area contributed by atoms with E-state index in [-0.39, 0.29) is 4.31 Å². The standard InChI is InChI=1S/C9H12F8N3O6S3/c10-7(11,12)1-2-19-3-5-20(6-4-19)29(25,26)9(16,17)28(23,24)18-27(21,22)8(13,14)15/h1-6H2/q-1. The first-order valence-electron chi connectivity index (χ1n) is 7.11. The molecular formula is C9H12F8N3O6S3-. The summed E-state index contributed by atoms with van der Waals surface area (Å²) in [7, 11) is -20.3. The van der Waals surface area contributed by atoms with Crippen molar-refractivity contribution in [1.82, 2.24) is 9.21 Å². The number of hydrogen-bond acceptors (Lipinski definition) is 7. The van der Waals surface area contributed by atoms with Gasteiger partial charge in [-0.3, -0.25) is 0 Å². The van der Waals surface area contributed by atoms with Gasteiger partial charge in [-0.05, 0) is 0 Å². The quantitative estimate of drug-likeness (QED) is 0.472. The highest BCUT2D eigenvalue weighted by Gasteiger charge is 2.58. The maximum Gasteiger partial charge on any atom is 0.480 e. The molecule has 0 aromatic rings. The topological polar surface area (TPSA) is 123 Å². The molecular weight excluding hydrogens is 494 g/mol. The van der Waals surface area contributed by atoms with Crippen LogP contribution in [0.2, 0.25) is 0 Å². The lowest BCUT2D eigenvalue weighted by Gasteiger charge is -2.36. The average molecular weight is 506 g/mol. The summed E-state index contributed by atoms with van der Waals surface area (Å²) in [6.45, 7) is -3.49. The van der Waals surface area contributed by atoms with Crippen LogP contribution in [-0.4, -0.2) is 83.5 Å². The molecule has 0 aliphatic carbocycles. The van der Waals surface area contributed by atoms with Gasteiger partial charge in [0.2, 0.25) is 0 Å². The van der Waals surface area contributed by atoms with Gasteiger partial charge in [-0.25, -0.2) is 25.3 Å². The molecule has 1 aliphatic heterocycles. The number of nitrogens with zero attached hydrogens (tertiary/aromatic N) is 3. The van der Waals surface area contributed by atoms with Crippen LogP contribution in [0.15, 0.2) is 0 Å². The minimum absolute atomic E-state index is 0.190. The molecule has 29 heavy (non-hydrogen) atoms. The Morgan fingerprint density at radius 3 is 1.55 bits per heavy atom. The fourth-order valence-corrected chi connectivity index (χ4v) is 6.29. The third kappa shape index (κ3) is 5.87. The Bertz CT molecular complexity index is 904. The van der Waals surface area contributed by atoms with Crippen LogP contribution >= 0.6 is 0 Å². The summed E-state index contributed by atoms with van der Waals surface area (Å²) < 4.78 is 164. The van der Waals surface area contributed by atoms with Crippen molar-refractivity contribution in [2.75, 3.05) is 32.7 Å². The van der Waals surface area contributed by atoms with Gasteiger partial charge in [0.1, 0.15) is 0 Å². The summed E-state index contributed by atoms with van der Waals surface area (Å²) in [5.74, 6) is 0. The van der Waals surface area contributed by atoms with E-state index in [1.165, 1.54) is 0 Å². The number of alkyl halides is 8. The molecule has 0 bridgehead atoms. The molecule has 174 valence electrons. The fourth-order valence-electron chi connectivity index (χ4n) is 1.98. The maximum absolute atomic E-state index is 14.0. The molecule has 0 aromatic carbocycles. The lowest BCUT2D eigenvalue weighted by molar-refractivity contribution is -0.138. The van der Waals surface area contributed by atoms with Gasteiger partial charge in [-0.15, -0.1) is 0 Å². The molecule has 1 fully saturated rings. The first-order chi connectivity index (χ1) is 12.6. The van der Waals surface area contributed by atoms with Crippen LogP contribution < -0.4 is 0 Å². The van der Waals surface area contributed by atoms with Crippen molar-refractivity contribution in [1.29, 1.82) is 0 Å². The summed E-state index contributed by atoms with van der Waals surface area (Å²) in [4.78, 5) is 1.03. The molecule has 1 heterocycles. The normalized spacial score (nSPS) is 19.4. The monoisotopic (exact) mass is 506 g/mol. The predicted octanol–water partition coefficient (Wildman–Crippen LogP) is 0.990. The van der Waals surface area contributed by atoms with Crippen molar-refractivity contribution in [2.24, 2.45) is 0 Å². The van der Waals surface area contributed by atoms with Crippen molar-refractivity contribution < 1.29 is 60.4 Å². The fraction of sp³-hybridized carbons (Fsp3) is 1.00. The number of hydrogen-bond donors (Lipinski definition) is 0. The van der Waals surface area contributed by atoms with E-state index in [2.05, 4.69) is 0 Å². The molecule has 0 saturated carbocycles. The van der Waals surface area contributed by atoms with E-state index < -0.39 is 85.5 Å². The molecule has 9 nitrogen and oxygen atoms in total. The number of sulfonamides is 3. The van der Waals surface area contributed by atoms with Crippen LogP contribution in [0.4, 0.5) is 35.1 Å². The van der Waals surface area contributed by atoms with Crippen molar-refractivity contribution in [3.8, 4) is 0 Å². The highest BCUT2D eigenvalue weighted by atomic mass is 32.3. The van der Waals surface area contributed by atoms with Crippen LogP contribution in [0.25, 0.3) is 4.13 Å². The highest BCUT2D eigenvalue weighted by molar-refractivity contribution is 8.18. The predicted molar refractivity (Wildman–Crippen MR) is 79.8 cm³/mol. The summed E-state index contributed by atoms with van der Waals surface area (Å²) in [5, 5.41) is 0. The van der Waals surface area contributed by atoms with Crippen molar-refractivity contribution in [3.63, 3.8) is 0 Å². The van der Waals surface area contributed by atoms with E-state index in [4.69, 9.17) is 0 Å². The first-order valence-corrected chi connectivity index (χ1v) is 11.4. The summed E-state index contributed by atoms with van der Waals surface area (Å²) >= 11 is 0. The molecule has 0 aromatic heterocycles. The van der Waals surface area contributed by atoms with Crippen LogP contribution in [0.1, 0.15) is 6.42 Å². The second-order valence-electron chi connectivity index (χ2n) is 5.54. The van der Waals surface area contributed by atoms with Gasteiger partial charge < -0.3 is 9.03 Å². The minimum atomic E-state index is -7.06. The second-order valence-corrected chi connectivity index (χ2v) is 11.3. The Kier molecular flexibility index (Phi) is 7.25. The number of piperazine rings is 1. The summed E-state index contributed by atoms with van der Waals surface area (Å²) in [6.07, 6.45) is -5.84. The van der Waals surface area contributed by atoms with E-state index in [9.17, 15) is 60.4 Å². The van der Waals surface area contributed by atoms with Gasteiger partial charge in [-0.1, -0.05) is 0 Å². The third-order valence-electron chi connectivity index (χ3n) is 3.47. The molecule has 0 N–H and O–H groups in total. The Morgan fingerprint density at radius 1 is 0.724 bits per heavy atom. The lowest BCUT2D eigenvalue weighted by Crippen LogP contribution is -2.55. The van der Waals surface area contributed by atoms with Crippen LogP contribution in [0, 0.1) is 0 Å². The third-order valence-corrected chi connectivity index (χ3v) is 9.14. The maximum atomic E-state index is 14.0. The van der Waals surface area contributed by atoms with Crippen molar-refractivity contribution >= 4 is 30.1 Å². The van der Waals surface area contributed by atoms with E-state index >= 15 is 0 Å². The van der Waals surface area contributed by atoms with E-state index in [0.29, 0.717) is 0 Å². The van der Waals surface area contributed by atoms with Gasteiger partial charge in [0.25, 0.3) is 10.0 Å². The molecule has 0 spiro atoms. The second kappa shape index (κ2) is 8.02. The number of rotatable bonds is 7. The van der Waals surface area contributed by atoms with E-state index in [0.717, 1.165) is 9.03 Å². The molecule has 0 atom stereocenters. The van der Waals surface area contributed by atoms with Crippen LogP contribution in [0.5, 0.6) is 0 Å². The zero-order valence-corrected chi connectivity index (χ0v) is 16.2. The molecule has 1 saturated heterocycles. The lowest BCUT2D eigenvalue weighted by atomic mass is 10.3. The van der Waals surface area contributed by atoms with Gasteiger partial charge >= 0.3 is 16.3 Å². The molecule has 0 unspecified atom stereocenters. The van der Waals surface area contributed by atoms with E-state index in [1.54, 1.807) is 0 Å². The van der Waals surface area contributed by atoms with Crippen molar-refractivity contribution in [3.05, 3.63) is 4.13 Å². The van der Waals surface area contributed by atoms with E-state index in [1.807, 2.05) is 0 Å². The van der Waals surface area contributed by atoms with Gasteiger partial charge in [-0.2, -0.15) is 39.4 Å². The largest absolute Gasteiger partial charge is 0.480 e. The Labute approximate surface area is 159 Å². The zero-order valence-electron chi connectivity index (χ0n) is 13.8. The van der Waals surface area contributed by atoms with Crippen LogP contribution in [-0.2, 0) is 30.1 Å². The van der Waals surface area contributed by atoms with Gasteiger partial charge in [0.15, 0.2) is 20.0 Å². The summed E-state index contributed by atoms with van der Waals surface area (Å²) in [6, 6.07) is 0. The van der Waals surface area contributed by atoms with Gasteiger partial charge in [0.05, 0.1) is 6.42 Å². The van der Waals surface area contributed by atoms with Gasteiger partial charge in [0, 0.05) is 32.7 Å².